The Morgan fingerprint density at radius 3 is 2.65 bits per heavy atom. The summed E-state index contributed by atoms with van der Waals surface area (Å²) in [5, 5.41) is 2.21. The van der Waals surface area contributed by atoms with Crippen LogP contribution in [0.15, 0.2) is 64.6 Å². The van der Waals surface area contributed by atoms with Crippen molar-refractivity contribution in [2.45, 2.75) is 13.5 Å². The number of amides is 4. The number of benzene rings is 3. The number of nitrogens with zero attached hydrogens (tertiary/aromatic N) is 1. The predicted octanol–water partition coefficient (Wildman–Crippen LogP) is 4.74. The van der Waals surface area contributed by atoms with Crippen LogP contribution in [0.4, 0.5) is 10.5 Å². The second kappa shape index (κ2) is 9.98. The van der Waals surface area contributed by atoms with Gasteiger partial charge >= 0.3 is 6.03 Å². The minimum Gasteiger partial charge on any atom is -0.493 e. The van der Waals surface area contributed by atoms with E-state index in [9.17, 15) is 14.4 Å². The van der Waals surface area contributed by atoms with E-state index in [2.05, 4.69) is 21.2 Å². The van der Waals surface area contributed by atoms with Gasteiger partial charge in [0.1, 0.15) is 12.2 Å². The number of carbonyl (C=O) groups is 3. The average molecular weight is 565 g/mol. The number of imide groups is 2. The summed E-state index contributed by atoms with van der Waals surface area (Å²) in [6, 6.07) is 15.1. The first-order valence-corrected chi connectivity index (χ1v) is 12.0. The van der Waals surface area contributed by atoms with Crippen LogP contribution < -0.4 is 29.2 Å². The van der Waals surface area contributed by atoms with Crippen LogP contribution in [0.25, 0.3) is 6.08 Å². The zero-order valence-corrected chi connectivity index (χ0v) is 21.5. The largest absolute Gasteiger partial charge is 0.493 e. The molecule has 0 spiro atoms. The van der Waals surface area contributed by atoms with Gasteiger partial charge in [-0.05, 0) is 64.3 Å². The first-order valence-electron chi connectivity index (χ1n) is 11.2. The van der Waals surface area contributed by atoms with Crippen LogP contribution >= 0.6 is 15.9 Å². The Bertz CT molecular complexity index is 1470. The molecule has 0 saturated carbocycles. The quantitative estimate of drug-likeness (QED) is 0.340. The van der Waals surface area contributed by atoms with Gasteiger partial charge in [0.25, 0.3) is 11.8 Å². The van der Waals surface area contributed by atoms with Crippen LogP contribution in [0, 0.1) is 6.92 Å². The van der Waals surface area contributed by atoms with Gasteiger partial charge in [-0.1, -0.05) is 29.8 Å². The molecule has 0 aliphatic carbocycles. The molecule has 3 aromatic carbocycles. The molecule has 0 unspecified atom stereocenters. The second-order valence-electron chi connectivity index (χ2n) is 8.31. The van der Waals surface area contributed by atoms with Crippen LogP contribution in [-0.4, -0.2) is 31.7 Å². The van der Waals surface area contributed by atoms with Crippen molar-refractivity contribution >= 4 is 45.5 Å². The number of anilines is 1. The lowest BCUT2D eigenvalue weighted by atomic mass is 10.1. The molecule has 1 fully saturated rings. The Hall–Kier alpha value is -4.31. The minimum absolute atomic E-state index is 0.0456. The number of hydrogen-bond acceptors (Lipinski definition) is 7. The Morgan fingerprint density at radius 2 is 1.86 bits per heavy atom. The highest BCUT2D eigenvalue weighted by Gasteiger charge is 2.37. The average Bonchev–Trinajstić information content (AvgIpc) is 3.33. The molecular weight excluding hydrogens is 544 g/mol. The highest BCUT2D eigenvalue weighted by molar-refractivity contribution is 9.10. The van der Waals surface area contributed by atoms with Gasteiger partial charge in [-0.3, -0.25) is 14.9 Å². The number of halogens is 1. The SMILES string of the molecule is COc1cc(/C=C2\C(=O)NC(=O)N(c3ccc4c(c3)OCO4)C2=O)cc(Br)c1OCc1cccc(C)c1. The zero-order valence-electron chi connectivity index (χ0n) is 19.9. The molecule has 0 bridgehead atoms. The smallest absolute Gasteiger partial charge is 0.335 e. The van der Waals surface area contributed by atoms with E-state index in [4.69, 9.17) is 18.9 Å². The Labute approximate surface area is 220 Å². The van der Waals surface area contributed by atoms with Crippen molar-refractivity contribution in [1.82, 2.24) is 5.32 Å². The molecular formula is C27H21BrN2O7. The minimum atomic E-state index is -0.857. The Kier molecular flexibility index (Phi) is 6.58. The normalized spacial score (nSPS) is 15.7. The van der Waals surface area contributed by atoms with E-state index in [1.54, 1.807) is 24.3 Å². The number of carbonyl (C=O) groups excluding carboxylic acids is 3. The third kappa shape index (κ3) is 4.88. The number of aryl methyl sites for hydroxylation is 1. The molecule has 1 saturated heterocycles. The summed E-state index contributed by atoms with van der Waals surface area (Å²) in [6.07, 6.45) is 1.39. The molecule has 2 heterocycles. The lowest BCUT2D eigenvalue weighted by Gasteiger charge is -2.26. The van der Waals surface area contributed by atoms with Gasteiger partial charge in [0.2, 0.25) is 6.79 Å². The lowest BCUT2D eigenvalue weighted by molar-refractivity contribution is -0.122. The van der Waals surface area contributed by atoms with Crippen molar-refractivity contribution in [3.63, 3.8) is 0 Å². The first kappa shape index (κ1) is 24.4. The zero-order chi connectivity index (χ0) is 26.1. The van der Waals surface area contributed by atoms with Crippen LogP contribution in [0.5, 0.6) is 23.0 Å². The van der Waals surface area contributed by atoms with Crippen molar-refractivity contribution in [3.05, 3.63) is 81.3 Å². The van der Waals surface area contributed by atoms with E-state index >= 15 is 0 Å². The fourth-order valence-corrected chi connectivity index (χ4v) is 4.58. The highest BCUT2D eigenvalue weighted by Crippen LogP contribution is 2.39. The Morgan fingerprint density at radius 1 is 1.05 bits per heavy atom. The third-order valence-corrected chi connectivity index (χ3v) is 6.33. The molecule has 1 N–H and O–H groups in total. The molecule has 188 valence electrons. The predicted molar refractivity (Wildman–Crippen MR) is 138 cm³/mol. The van der Waals surface area contributed by atoms with Gasteiger partial charge in [0.15, 0.2) is 23.0 Å². The summed E-state index contributed by atoms with van der Waals surface area (Å²) in [4.78, 5) is 39.3. The second-order valence-corrected chi connectivity index (χ2v) is 9.16. The van der Waals surface area contributed by atoms with E-state index in [0.717, 1.165) is 16.0 Å². The van der Waals surface area contributed by atoms with Gasteiger partial charge in [0, 0.05) is 6.07 Å². The number of hydrogen-bond donors (Lipinski definition) is 1. The number of nitrogens with one attached hydrogen (secondary N) is 1. The first-order chi connectivity index (χ1) is 17.8. The highest BCUT2D eigenvalue weighted by atomic mass is 79.9. The maximum atomic E-state index is 13.3. The molecule has 4 amide bonds. The fourth-order valence-electron chi connectivity index (χ4n) is 4.00. The molecule has 3 aromatic rings. The number of ether oxygens (including phenoxy) is 4. The van der Waals surface area contributed by atoms with Crippen LogP contribution in [-0.2, 0) is 16.2 Å². The van der Waals surface area contributed by atoms with Crippen LogP contribution in [0.2, 0.25) is 0 Å². The number of rotatable bonds is 6. The van der Waals surface area contributed by atoms with Crippen molar-refractivity contribution in [2.75, 3.05) is 18.8 Å². The van der Waals surface area contributed by atoms with E-state index in [-0.39, 0.29) is 18.1 Å². The molecule has 5 rings (SSSR count). The molecule has 2 aliphatic heterocycles. The van der Waals surface area contributed by atoms with Crippen molar-refractivity contribution < 1.29 is 33.3 Å². The number of barbiturate groups is 1. The fraction of sp³-hybridized carbons (Fsp3) is 0.148. The van der Waals surface area contributed by atoms with Crippen molar-refractivity contribution in [1.29, 1.82) is 0 Å². The van der Waals surface area contributed by atoms with Crippen LogP contribution in [0.3, 0.4) is 0 Å². The molecule has 10 heteroatoms. The van der Waals surface area contributed by atoms with Crippen molar-refractivity contribution in [3.8, 4) is 23.0 Å². The molecule has 0 atom stereocenters. The maximum Gasteiger partial charge on any atom is 0.335 e. The topological polar surface area (TPSA) is 103 Å². The number of urea groups is 1. The van der Waals surface area contributed by atoms with Gasteiger partial charge in [-0.2, -0.15) is 0 Å². The Balaban J connectivity index is 1.43. The maximum absolute atomic E-state index is 13.3. The summed E-state index contributed by atoms with van der Waals surface area (Å²) in [5.74, 6) is 0.200. The molecule has 2 aliphatic rings. The van der Waals surface area contributed by atoms with Gasteiger partial charge in [-0.15, -0.1) is 0 Å². The van der Waals surface area contributed by atoms with Crippen LogP contribution in [0.1, 0.15) is 16.7 Å². The number of methoxy groups -OCH3 is 1. The summed E-state index contributed by atoms with van der Waals surface area (Å²) in [6.45, 7) is 2.38. The standard InChI is InChI=1S/C27H21BrN2O7/c1-15-4-3-5-16(8-15)13-35-24-20(28)10-17(11-23(24)34-2)9-19-25(31)29-27(33)30(26(19)32)18-6-7-21-22(12-18)37-14-36-21/h3-12H,13-14H2,1-2H3,(H,29,31,33)/b19-9+. The lowest BCUT2D eigenvalue weighted by Crippen LogP contribution is -2.54. The van der Waals surface area contributed by atoms with E-state index in [0.29, 0.717) is 39.6 Å². The number of fused-ring (bicyclic) bond motifs is 1. The van der Waals surface area contributed by atoms with Gasteiger partial charge < -0.3 is 18.9 Å². The van der Waals surface area contributed by atoms with E-state index in [1.165, 1.54) is 19.3 Å². The van der Waals surface area contributed by atoms with Gasteiger partial charge in [0.05, 0.1) is 17.3 Å². The van der Waals surface area contributed by atoms with Gasteiger partial charge in [-0.25, -0.2) is 9.69 Å². The summed E-state index contributed by atoms with van der Waals surface area (Å²) >= 11 is 3.50. The monoisotopic (exact) mass is 564 g/mol. The third-order valence-electron chi connectivity index (χ3n) is 5.74. The molecule has 0 aromatic heterocycles. The molecule has 37 heavy (non-hydrogen) atoms. The summed E-state index contributed by atoms with van der Waals surface area (Å²) in [7, 11) is 1.50. The van der Waals surface area contributed by atoms with E-state index < -0.39 is 17.8 Å². The van der Waals surface area contributed by atoms with E-state index in [1.807, 2.05) is 31.2 Å². The van der Waals surface area contributed by atoms with Crippen molar-refractivity contribution in [2.24, 2.45) is 0 Å². The summed E-state index contributed by atoms with van der Waals surface area (Å²) < 4.78 is 22.7. The molecule has 0 radical (unpaired) electrons. The molecule has 9 nitrogen and oxygen atoms in total. The summed E-state index contributed by atoms with van der Waals surface area (Å²) in [5.41, 5.74) is 2.63.